The maximum Gasteiger partial charge on any atom is 0.113 e. The van der Waals surface area contributed by atoms with E-state index in [1.165, 1.54) is 11.1 Å². The van der Waals surface area contributed by atoms with Crippen molar-refractivity contribution in [2.24, 2.45) is 0 Å². The van der Waals surface area contributed by atoms with Crippen LogP contribution in [0.4, 0.5) is 11.4 Å². The van der Waals surface area contributed by atoms with Crippen LogP contribution in [0.1, 0.15) is 17.5 Å². The van der Waals surface area contributed by atoms with Crippen LogP contribution in [0.3, 0.4) is 0 Å². The number of anilines is 2. The summed E-state index contributed by atoms with van der Waals surface area (Å²) in [6, 6.07) is 17.2. The highest BCUT2D eigenvalue weighted by atomic mass is 16.3. The van der Waals surface area contributed by atoms with Gasteiger partial charge in [-0.1, -0.05) is 41.5 Å². The molecule has 0 bridgehead atoms. The molecule has 3 rings (SSSR count). The molecule has 112 valence electrons. The van der Waals surface area contributed by atoms with Crippen molar-refractivity contribution in [2.45, 2.75) is 26.3 Å². The monoisotopic (exact) mass is 291 g/mol. The van der Waals surface area contributed by atoms with Gasteiger partial charge in [0, 0.05) is 11.4 Å². The fourth-order valence-corrected chi connectivity index (χ4v) is 2.77. The van der Waals surface area contributed by atoms with Crippen molar-refractivity contribution in [3.8, 4) is 0 Å². The molecule has 1 aliphatic rings. The fraction of sp³-hybridized carbons (Fsp3) is 0.200. The van der Waals surface area contributed by atoms with E-state index >= 15 is 0 Å². The van der Waals surface area contributed by atoms with Gasteiger partial charge < -0.3 is 10.0 Å². The normalized spacial score (nSPS) is 17.2. The van der Waals surface area contributed by atoms with Crippen molar-refractivity contribution in [3.05, 3.63) is 83.6 Å². The molecular weight excluding hydrogens is 270 g/mol. The Balaban J connectivity index is 2.03. The van der Waals surface area contributed by atoms with Crippen LogP contribution in [-0.2, 0) is 0 Å². The van der Waals surface area contributed by atoms with E-state index in [2.05, 4.69) is 67.3 Å². The summed E-state index contributed by atoms with van der Waals surface area (Å²) in [7, 11) is 0. The van der Waals surface area contributed by atoms with Crippen molar-refractivity contribution in [3.63, 3.8) is 0 Å². The molecule has 1 unspecified atom stereocenters. The van der Waals surface area contributed by atoms with E-state index in [1.807, 2.05) is 12.2 Å². The van der Waals surface area contributed by atoms with Gasteiger partial charge in [-0.05, 0) is 56.7 Å². The van der Waals surface area contributed by atoms with Gasteiger partial charge in [-0.3, -0.25) is 0 Å². The number of aliphatic hydroxyl groups excluding tert-OH is 1. The van der Waals surface area contributed by atoms with Crippen molar-refractivity contribution >= 4 is 11.4 Å². The Kier molecular flexibility index (Phi) is 4.01. The van der Waals surface area contributed by atoms with Crippen molar-refractivity contribution in [1.29, 1.82) is 0 Å². The van der Waals surface area contributed by atoms with E-state index in [1.54, 1.807) is 6.08 Å². The van der Waals surface area contributed by atoms with Gasteiger partial charge in [0.2, 0.25) is 0 Å². The maximum absolute atomic E-state index is 9.86. The van der Waals surface area contributed by atoms with Gasteiger partial charge in [-0.25, -0.2) is 0 Å². The van der Waals surface area contributed by atoms with Crippen LogP contribution in [0.5, 0.6) is 0 Å². The van der Waals surface area contributed by atoms with Crippen molar-refractivity contribution in [1.82, 2.24) is 0 Å². The minimum absolute atomic E-state index is 0.121. The molecule has 0 saturated heterocycles. The minimum atomic E-state index is 0.121. The number of nitrogens with zero attached hydrogens (tertiary/aromatic N) is 1. The SMILES string of the molecule is Cc1ccc(N(c2ccc(C)cc2)C2C=C(O)C=CC2)cc1. The summed E-state index contributed by atoms with van der Waals surface area (Å²) in [5.74, 6) is 0.334. The third-order valence-corrected chi connectivity index (χ3v) is 3.99. The molecule has 22 heavy (non-hydrogen) atoms. The summed E-state index contributed by atoms with van der Waals surface area (Å²) in [5, 5.41) is 9.86. The Hall–Kier alpha value is -2.48. The Bertz CT molecular complexity index is 650. The average Bonchev–Trinajstić information content (AvgIpc) is 2.51. The summed E-state index contributed by atoms with van der Waals surface area (Å²) in [4.78, 5) is 2.28. The third kappa shape index (κ3) is 3.06. The predicted octanol–water partition coefficient (Wildman–Crippen LogP) is 5.21. The van der Waals surface area contributed by atoms with Crippen LogP contribution in [0.2, 0.25) is 0 Å². The average molecular weight is 291 g/mol. The van der Waals surface area contributed by atoms with Gasteiger partial charge in [-0.2, -0.15) is 0 Å². The molecule has 1 atom stereocenters. The van der Waals surface area contributed by atoms with Crippen LogP contribution in [-0.4, -0.2) is 11.1 Å². The largest absolute Gasteiger partial charge is 0.508 e. The van der Waals surface area contributed by atoms with E-state index in [-0.39, 0.29) is 6.04 Å². The van der Waals surface area contributed by atoms with Gasteiger partial charge in [0.1, 0.15) is 5.76 Å². The van der Waals surface area contributed by atoms with E-state index < -0.39 is 0 Å². The van der Waals surface area contributed by atoms with Crippen molar-refractivity contribution in [2.75, 3.05) is 4.90 Å². The number of allylic oxidation sites excluding steroid dienone is 1. The second-order valence-corrected chi connectivity index (χ2v) is 5.84. The Labute approximate surface area is 132 Å². The first kappa shape index (κ1) is 14.5. The molecule has 0 saturated carbocycles. The summed E-state index contributed by atoms with van der Waals surface area (Å²) in [6.45, 7) is 4.18. The first-order valence-electron chi connectivity index (χ1n) is 7.63. The molecule has 0 radical (unpaired) electrons. The molecule has 0 spiro atoms. The van der Waals surface area contributed by atoms with Gasteiger partial charge in [-0.15, -0.1) is 0 Å². The minimum Gasteiger partial charge on any atom is -0.508 e. The van der Waals surface area contributed by atoms with Crippen LogP contribution >= 0.6 is 0 Å². The van der Waals surface area contributed by atoms with Crippen LogP contribution in [0, 0.1) is 13.8 Å². The Morgan fingerprint density at radius 2 is 1.36 bits per heavy atom. The Morgan fingerprint density at radius 3 is 1.82 bits per heavy atom. The third-order valence-electron chi connectivity index (χ3n) is 3.99. The highest BCUT2D eigenvalue weighted by molar-refractivity contribution is 5.66. The molecule has 2 nitrogen and oxygen atoms in total. The van der Waals surface area contributed by atoms with E-state index in [4.69, 9.17) is 0 Å². The van der Waals surface area contributed by atoms with Crippen LogP contribution in [0.25, 0.3) is 0 Å². The van der Waals surface area contributed by atoms with E-state index in [0.29, 0.717) is 5.76 Å². The standard InChI is InChI=1S/C20H21NO/c1-15-6-10-17(11-7-15)21(18-12-8-16(2)9-13-18)19-4-3-5-20(22)14-19/h3,5-14,19,22H,4H2,1-2H3. The van der Waals surface area contributed by atoms with Gasteiger partial charge >= 0.3 is 0 Å². The summed E-state index contributed by atoms with van der Waals surface area (Å²) < 4.78 is 0. The number of aryl methyl sites for hydroxylation is 2. The highest BCUT2D eigenvalue weighted by Crippen LogP contribution is 2.31. The lowest BCUT2D eigenvalue weighted by Gasteiger charge is -2.33. The number of hydrogen-bond donors (Lipinski definition) is 1. The molecule has 1 aliphatic carbocycles. The number of benzene rings is 2. The lowest BCUT2D eigenvalue weighted by atomic mass is 10.0. The smallest absolute Gasteiger partial charge is 0.113 e. The number of rotatable bonds is 3. The highest BCUT2D eigenvalue weighted by Gasteiger charge is 2.20. The predicted molar refractivity (Wildman–Crippen MR) is 92.8 cm³/mol. The number of aliphatic hydroxyl groups is 1. The first-order chi connectivity index (χ1) is 10.6. The van der Waals surface area contributed by atoms with E-state index in [9.17, 15) is 5.11 Å². The lowest BCUT2D eigenvalue weighted by Crippen LogP contribution is -2.30. The van der Waals surface area contributed by atoms with Crippen LogP contribution in [0.15, 0.2) is 72.5 Å². The maximum atomic E-state index is 9.86. The van der Waals surface area contributed by atoms with Gasteiger partial charge in [0.05, 0.1) is 6.04 Å². The molecule has 0 fully saturated rings. The van der Waals surface area contributed by atoms with Crippen molar-refractivity contribution < 1.29 is 5.11 Å². The fourth-order valence-electron chi connectivity index (χ4n) is 2.77. The second-order valence-electron chi connectivity index (χ2n) is 5.84. The molecule has 0 amide bonds. The van der Waals surface area contributed by atoms with E-state index in [0.717, 1.165) is 17.8 Å². The molecule has 0 aliphatic heterocycles. The number of hydrogen-bond acceptors (Lipinski definition) is 2. The molecule has 2 aromatic carbocycles. The molecule has 2 aromatic rings. The zero-order chi connectivity index (χ0) is 15.5. The summed E-state index contributed by atoms with van der Waals surface area (Å²) >= 11 is 0. The van der Waals surface area contributed by atoms with Gasteiger partial charge in [0.25, 0.3) is 0 Å². The molecule has 1 N–H and O–H groups in total. The molecule has 0 heterocycles. The second kappa shape index (κ2) is 6.10. The van der Waals surface area contributed by atoms with Crippen LogP contribution < -0.4 is 4.90 Å². The topological polar surface area (TPSA) is 23.5 Å². The molecule has 2 heteroatoms. The Morgan fingerprint density at radius 1 is 0.864 bits per heavy atom. The zero-order valence-corrected chi connectivity index (χ0v) is 13.0. The summed E-state index contributed by atoms with van der Waals surface area (Å²) in [6.07, 6.45) is 6.58. The first-order valence-corrected chi connectivity index (χ1v) is 7.63. The molecule has 0 aromatic heterocycles. The quantitative estimate of drug-likeness (QED) is 0.839. The lowest BCUT2D eigenvalue weighted by molar-refractivity contribution is 0.423. The zero-order valence-electron chi connectivity index (χ0n) is 13.0. The molecular formula is C20H21NO. The van der Waals surface area contributed by atoms with Gasteiger partial charge in [0.15, 0.2) is 0 Å². The summed E-state index contributed by atoms with van der Waals surface area (Å²) in [5.41, 5.74) is 4.77.